The van der Waals surface area contributed by atoms with Crippen LogP contribution >= 0.6 is 50.9 Å². The number of sulfone groups is 1. The smallest absolute Gasteiger partial charge is 0.337 e. The number of aromatic nitrogens is 1. The first kappa shape index (κ1) is 23.6. The van der Waals surface area contributed by atoms with Crippen LogP contribution in [-0.4, -0.2) is 47.9 Å². The van der Waals surface area contributed by atoms with Crippen LogP contribution < -0.4 is 10.6 Å². The third kappa shape index (κ3) is 4.71. The number of rotatable bonds is 5. The summed E-state index contributed by atoms with van der Waals surface area (Å²) in [6.45, 7) is 0.583. The van der Waals surface area contributed by atoms with Gasteiger partial charge in [0, 0.05) is 38.0 Å². The lowest BCUT2D eigenvalue weighted by molar-refractivity contribution is 0.0698. The number of nitrogens with one attached hydrogen (secondary N) is 2. The number of halogens is 3. The van der Waals surface area contributed by atoms with Crippen LogP contribution in [0.5, 0.6) is 0 Å². The number of benzene rings is 2. The quantitative estimate of drug-likeness (QED) is 0.381. The molecule has 1 fully saturated rings. The minimum Gasteiger partial charge on any atom is -0.478 e. The molecule has 3 aromatic rings. The predicted molar refractivity (Wildman–Crippen MR) is 132 cm³/mol. The van der Waals surface area contributed by atoms with Crippen LogP contribution in [0.2, 0.25) is 10.0 Å². The van der Waals surface area contributed by atoms with Gasteiger partial charge in [0.25, 0.3) is 0 Å². The van der Waals surface area contributed by atoms with Crippen LogP contribution in [0.25, 0.3) is 10.9 Å². The van der Waals surface area contributed by atoms with Crippen molar-refractivity contribution in [3.8, 4) is 0 Å². The van der Waals surface area contributed by atoms with Crippen molar-refractivity contribution in [1.29, 1.82) is 0 Å². The molecule has 2 aromatic carbocycles. The zero-order valence-corrected chi connectivity index (χ0v) is 21.0. The van der Waals surface area contributed by atoms with Gasteiger partial charge in [0.15, 0.2) is 5.03 Å². The highest BCUT2D eigenvalue weighted by molar-refractivity contribution is 9.10. The fourth-order valence-electron chi connectivity index (χ4n) is 3.31. The fraction of sp³-hybridized carbons (Fsp3) is 0.200. The van der Waals surface area contributed by atoms with Crippen molar-refractivity contribution >= 4 is 89.0 Å². The average Bonchev–Trinajstić information content (AvgIpc) is 2.75. The largest absolute Gasteiger partial charge is 0.478 e. The first-order valence-electron chi connectivity index (χ1n) is 9.31. The van der Waals surface area contributed by atoms with Gasteiger partial charge in [-0.15, -0.1) is 0 Å². The average molecular weight is 577 g/mol. The lowest BCUT2D eigenvalue weighted by Crippen LogP contribution is -2.43. The van der Waals surface area contributed by atoms with Crippen molar-refractivity contribution in [2.45, 2.75) is 10.4 Å². The molecule has 7 nitrogen and oxygen atoms in total. The summed E-state index contributed by atoms with van der Waals surface area (Å²) >= 11 is 17.2. The maximum Gasteiger partial charge on any atom is 0.337 e. The van der Waals surface area contributed by atoms with Gasteiger partial charge < -0.3 is 10.4 Å². The first-order valence-corrected chi connectivity index (χ1v) is 13.6. The number of carboxylic acid groups (broad SMARTS) is 1. The monoisotopic (exact) mass is 575 g/mol. The van der Waals surface area contributed by atoms with Crippen LogP contribution in [-0.2, 0) is 9.84 Å². The van der Waals surface area contributed by atoms with E-state index in [-0.39, 0.29) is 21.3 Å². The van der Waals surface area contributed by atoms with Gasteiger partial charge in [0.1, 0.15) is 5.37 Å². The Bertz CT molecular complexity index is 1330. The third-order valence-electron chi connectivity index (χ3n) is 4.84. The maximum atomic E-state index is 13.3. The van der Waals surface area contributed by atoms with E-state index < -0.39 is 21.2 Å². The molecule has 1 unspecified atom stereocenters. The Hall–Kier alpha value is -1.56. The lowest BCUT2D eigenvalue weighted by atomic mass is 10.1. The molecule has 32 heavy (non-hydrogen) atoms. The molecule has 1 saturated heterocycles. The van der Waals surface area contributed by atoms with Crippen LogP contribution in [0.3, 0.4) is 0 Å². The van der Waals surface area contributed by atoms with Gasteiger partial charge in [-0.05, 0) is 52.3 Å². The Morgan fingerprint density at radius 2 is 1.97 bits per heavy atom. The van der Waals surface area contributed by atoms with Gasteiger partial charge in [-0.1, -0.05) is 23.2 Å². The first-order chi connectivity index (χ1) is 15.2. The standard InChI is InChI=1S/C20H16BrCl2N3O4S2/c21-14-7-11(23)6-12-16(25-15-2-1-10(22)5-13(15)20(27)28)8-17(26-19(12)14)32(29,30)18-9-31-4-3-24-18/h1-2,5-8,18,24H,3-4,9H2,(H,25,26)(H,27,28). The van der Waals surface area contributed by atoms with E-state index >= 15 is 0 Å². The summed E-state index contributed by atoms with van der Waals surface area (Å²) in [6, 6.07) is 9.05. The van der Waals surface area contributed by atoms with E-state index in [4.69, 9.17) is 23.2 Å². The van der Waals surface area contributed by atoms with Gasteiger partial charge in [-0.25, -0.2) is 18.2 Å². The SMILES string of the molecule is O=C(O)c1cc(Cl)ccc1Nc1cc(S(=O)(=O)C2CSCCN2)nc2c(Br)cc(Cl)cc12. The minimum absolute atomic E-state index is 0.0571. The molecule has 1 aliphatic rings. The van der Waals surface area contributed by atoms with Gasteiger partial charge in [0.05, 0.1) is 22.5 Å². The molecular formula is C20H16BrCl2N3O4S2. The van der Waals surface area contributed by atoms with Crippen LogP contribution in [0.15, 0.2) is 45.9 Å². The highest BCUT2D eigenvalue weighted by Crippen LogP contribution is 2.36. The van der Waals surface area contributed by atoms with E-state index in [9.17, 15) is 18.3 Å². The number of thioether (sulfide) groups is 1. The molecule has 3 N–H and O–H groups in total. The molecule has 4 rings (SSSR count). The Morgan fingerprint density at radius 1 is 1.19 bits per heavy atom. The van der Waals surface area contributed by atoms with E-state index in [2.05, 4.69) is 31.5 Å². The summed E-state index contributed by atoms with van der Waals surface area (Å²) in [5, 5.41) is 16.0. The van der Waals surface area contributed by atoms with Gasteiger partial charge in [0.2, 0.25) is 9.84 Å². The Morgan fingerprint density at radius 3 is 2.66 bits per heavy atom. The molecule has 0 aliphatic carbocycles. The summed E-state index contributed by atoms with van der Waals surface area (Å²) in [6.07, 6.45) is 0. The van der Waals surface area contributed by atoms with E-state index in [0.29, 0.717) is 38.4 Å². The molecule has 168 valence electrons. The number of carboxylic acids is 1. The molecule has 12 heteroatoms. The topological polar surface area (TPSA) is 108 Å². The highest BCUT2D eigenvalue weighted by atomic mass is 79.9. The van der Waals surface area contributed by atoms with Gasteiger partial charge in [-0.2, -0.15) is 11.8 Å². The second-order valence-electron chi connectivity index (χ2n) is 6.97. The number of hydrogen-bond acceptors (Lipinski definition) is 7. The number of aromatic carboxylic acids is 1. The van der Waals surface area contributed by atoms with Crippen LogP contribution in [0.1, 0.15) is 10.4 Å². The summed E-state index contributed by atoms with van der Waals surface area (Å²) in [7, 11) is -3.80. The predicted octanol–water partition coefficient (Wildman–Crippen LogP) is 5.18. The molecule has 0 radical (unpaired) electrons. The minimum atomic E-state index is -3.80. The summed E-state index contributed by atoms with van der Waals surface area (Å²) in [5.41, 5.74) is 0.927. The normalized spacial score (nSPS) is 16.8. The van der Waals surface area contributed by atoms with Crippen LogP contribution in [0.4, 0.5) is 11.4 Å². The molecule has 0 bridgehead atoms. The van der Waals surface area contributed by atoms with Crippen molar-refractivity contribution in [3.05, 3.63) is 56.5 Å². The number of anilines is 2. The van der Waals surface area contributed by atoms with Crippen molar-refractivity contribution in [3.63, 3.8) is 0 Å². The summed E-state index contributed by atoms with van der Waals surface area (Å²) in [5.74, 6) is 0.0685. The number of carbonyl (C=O) groups is 1. The number of pyridine rings is 1. The van der Waals surface area contributed by atoms with E-state index in [1.165, 1.54) is 18.2 Å². The molecule has 2 heterocycles. The second-order valence-corrected chi connectivity index (χ2v) is 11.9. The molecule has 1 aromatic heterocycles. The Kier molecular flexibility index (Phi) is 6.90. The molecule has 0 saturated carbocycles. The third-order valence-corrected chi connectivity index (χ3v) is 9.05. The van der Waals surface area contributed by atoms with Crippen molar-refractivity contribution < 1.29 is 18.3 Å². The van der Waals surface area contributed by atoms with Crippen molar-refractivity contribution in [1.82, 2.24) is 10.3 Å². The molecule has 1 atom stereocenters. The fourth-order valence-corrected chi connectivity index (χ4v) is 7.28. The van der Waals surface area contributed by atoms with Crippen molar-refractivity contribution in [2.24, 2.45) is 0 Å². The van der Waals surface area contributed by atoms with Gasteiger partial charge >= 0.3 is 5.97 Å². The number of nitrogens with zero attached hydrogens (tertiary/aromatic N) is 1. The zero-order valence-electron chi connectivity index (χ0n) is 16.2. The number of hydrogen-bond donors (Lipinski definition) is 3. The molecule has 0 amide bonds. The molecular weight excluding hydrogens is 561 g/mol. The second kappa shape index (κ2) is 9.36. The summed E-state index contributed by atoms with van der Waals surface area (Å²) < 4.78 is 27.1. The number of fused-ring (bicyclic) bond motifs is 1. The maximum absolute atomic E-state index is 13.3. The summed E-state index contributed by atoms with van der Waals surface area (Å²) in [4.78, 5) is 16.1. The lowest BCUT2D eigenvalue weighted by Gasteiger charge is -2.23. The molecule has 0 spiro atoms. The Labute approximate surface area is 206 Å². The van der Waals surface area contributed by atoms with E-state index in [1.807, 2.05) is 0 Å². The molecule has 1 aliphatic heterocycles. The highest BCUT2D eigenvalue weighted by Gasteiger charge is 2.31. The van der Waals surface area contributed by atoms with E-state index in [0.717, 1.165) is 5.75 Å². The van der Waals surface area contributed by atoms with Crippen LogP contribution in [0, 0.1) is 0 Å². The zero-order chi connectivity index (χ0) is 23.0. The van der Waals surface area contributed by atoms with Crippen molar-refractivity contribution in [2.75, 3.05) is 23.4 Å². The Balaban J connectivity index is 1.91. The van der Waals surface area contributed by atoms with E-state index in [1.54, 1.807) is 30.0 Å². The van der Waals surface area contributed by atoms with Gasteiger partial charge in [-0.3, -0.25) is 5.32 Å².